The van der Waals surface area contributed by atoms with Gasteiger partial charge in [0.2, 0.25) is 0 Å². The Morgan fingerprint density at radius 1 is 1.24 bits per heavy atom. The molecule has 0 aliphatic rings. The monoisotopic (exact) mass is 324 g/mol. The highest BCUT2D eigenvalue weighted by molar-refractivity contribution is 7.99. The molecule has 0 radical (unpaired) electrons. The minimum absolute atomic E-state index is 0.0667. The van der Waals surface area contributed by atoms with Crippen molar-refractivity contribution in [3.63, 3.8) is 0 Å². The molecule has 5 heteroatoms. The van der Waals surface area contributed by atoms with Crippen molar-refractivity contribution in [3.8, 4) is 0 Å². The highest BCUT2D eigenvalue weighted by atomic mass is 35.5. The predicted molar refractivity (Wildman–Crippen MR) is 86.4 cm³/mol. The smallest absolute Gasteiger partial charge is 0.128 e. The lowest BCUT2D eigenvalue weighted by Crippen LogP contribution is -2.35. The summed E-state index contributed by atoms with van der Waals surface area (Å²) in [5, 5.41) is 4.70. The Bertz CT molecular complexity index is 609. The number of rotatable bonds is 4. The molecule has 0 atom stereocenters. The third-order valence-corrected chi connectivity index (χ3v) is 4.06. The zero-order valence-corrected chi connectivity index (χ0v) is 13.9. The minimum atomic E-state index is -0.203. The van der Waals surface area contributed by atoms with Crippen LogP contribution in [0.15, 0.2) is 46.5 Å². The highest BCUT2D eigenvalue weighted by Gasteiger charge is 2.14. The number of pyridine rings is 1. The lowest BCUT2D eigenvalue weighted by molar-refractivity contribution is 0.416. The Morgan fingerprint density at radius 3 is 2.62 bits per heavy atom. The molecule has 2 nitrogen and oxygen atoms in total. The summed E-state index contributed by atoms with van der Waals surface area (Å²) >= 11 is 7.27. The topological polar surface area (TPSA) is 24.9 Å². The molecule has 0 aliphatic carbocycles. The van der Waals surface area contributed by atoms with Crippen LogP contribution in [0.2, 0.25) is 5.02 Å². The zero-order chi connectivity index (χ0) is 15.5. The lowest BCUT2D eigenvalue weighted by atomic mass is 10.1. The van der Waals surface area contributed by atoms with E-state index in [1.54, 1.807) is 18.3 Å². The van der Waals surface area contributed by atoms with E-state index in [1.165, 1.54) is 17.8 Å². The maximum absolute atomic E-state index is 14.1. The molecule has 112 valence electrons. The van der Waals surface area contributed by atoms with E-state index in [0.29, 0.717) is 17.1 Å². The molecule has 0 saturated carbocycles. The third-order valence-electron chi connectivity index (χ3n) is 2.79. The summed E-state index contributed by atoms with van der Waals surface area (Å²) in [6, 6.07) is 8.72. The number of benzene rings is 1. The Balaban J connectivity index is 2.22. The van der Waals surface area contributed by atoms with Gasteiger partial charge < -0.3 is 5.32 Å². The Kier molecular flexibility index (Phi) is 5.25. The van der Waals surface area contributed by atoms with E-state index in [-0.39, 0.29) is 11.4 Å². The van der Waals surface area contributed by atoms with Gasteiger partial charge in [-0.15, -0.1) is 0 Å². The maximum atomic E-state index is 14.1. The van der Waals surface area contributed by atoms with Gasteiger partial charge >= 0.3 is 0 Å². The maximum Gasteiger partial charge on any atom is 0.128 e. The normalized spacial score (nSPS) is 11.7. The molecule has 21 heavy (non-hydrogen) atoms. The average Bonchev–Trinajstić information content (AvgIpc) is 2.39. The van der Waals surface area contributed by atoms with E-state index >= 15 is 0 Å². The van der Waals surface area contributed by atoms with Crippen molar-refractivity contribution < 1.29 is 4.39 Å². The number of aromatic nitrogens is 1. The molecule has 0 bridgehead atoms. The van der Waals surface area contributed by atoms with Crippen LogP contribution in [-0.4, -0.2) is 10.5 Å². The summed E-state index contributed by atoms with van der Waals surface area (Å²) in [6.07, 6.45) is 1.59. The van der Waals surface area contributed by atoms with Gasteiger partial charge in [0.05, 0.1) is 5.02 Å². The highest BCUT2D eigenvalue weighted by Crippen LogP contribution is 2.31. The molecule has 1 aromatic heterocycles. The lowest BCUT2D eigenvalue weighted by Gasteiger charge is -2.21. The molecule has 0 spiro atoms. The van der Waals surface area contributed by atoms with Crippen LogP contribution in [0.4, 0.5) is 4.39 Å². The zero-order valence-electron chi connectivity index (χ0n) is 12.3. The van der Waals surface area contributed by atoms with Crippen LogP contribution in [0.1, 0.15) is 26.3 Å². The number of nitrogens with one attached hydrogen (secondary N) is 1. The predicted octanol–water partition coefficient (Wildman–Crippen LogP) is 4.91. The van der Waals surface area contributed by atoms with Gasteiger partial charge in [0.1, 0.15) is 10.8 Å². The van der Waals surface area contributed by atoms with Crippen molar-refractivity contribution in [2.24, 2.45) is 0 Å². The molecule has 0 aliphatic heterocycles. The van der Waals surface area contributed by atoms with Crippen LogP contribution in [0.5, 0.6) is 0 Å². The summed E-state index contributed by atoms with van der Waals surface area (Å²) < 4.78 is 14.1. The first-order chi connectivity index (χ1) is 9.85. The van der Waals surface area contributed by atoms with Crippen molar-refractivity contribution in [1.82, 2.24) is 10.3 Å². The molecule has 2 aromatic rings. The number of hydrogen-bond acceptors (Lipinski definition) is 3. The summed E-state index contributed by atoms with van der Waals surface area (Å²) in [4.78, 5) is 5.10. The molecule has 0 unspecified atom stereocenters. The summed E-state index contributed by atoms with van der Waals surface area (Å²) in [6.45, 7) is 6.65. The molecule has 0 fully saturated rings. The molecule has 0 amide bonds. The van der Waals surface area contributed by atoms with E-state index in [0.717, 1.165) is 9.92 Å². The van der Waals surface area contributed by atoms with Crippen LogP contribution >= 0.6 is 23.4 Å². The first kappa shape index (κ1) is 16.3. The Hall–Kier alpha value is -1.10. The van der Waals surface area contributed by atoms with Crippen molar-refractivity contribution in [1.29, 1.82) is 0 Å². The van der Waals surface area contributed by atoms with Crippen LogP contribution in [0, 0.1) is 5.82 Å². The van der Waals surface area contributed by atoms with Gasteiger partial charge in [-0.25, -0.2) is 9.37 Å². The van der Waals surface area contributed by atoms with Crippen LogP contribution in [0.3, 0.4) is 0 Å². The Labute approximate surface area is 134 Å². The fourth-order valence-electron chi connectivity index (χ4n) is 1.69. The SMILES string of the molecule is CC(C)(C)NCc1c(F)cccc1Sc1ccc(Cl)cn1. The van der Waals surface area contributed by atoms with Crippen molar-refractivity contribution >= 4 is 23.4 Å². The second-order valence-corrected chi connectivity index (χ2v) is 7.24. The minimum Gasteiger partial charge on any atom is -0.308 e. The second kappa shape index (κ2) is 6.77. The average molecular weight is 325 g/mol. The first-order valence-corrected chi connectivity index (χ1v) is 7.86. The quantitative estimate of drug-likeness (QED) is 0.864. The van der Waals surface area contributed by atoms with Gasteiger partial charge in [-0.05, 0) is 45.0 Å². The molecule has 0 saturated heterocycles. The van der Waals surface area contributed by atoms with Gasteiger partial charge in [0.15, 0.2) is 0 Å². The van der Waals surface area contributed by atoms with E-state index in [9.17, 15) is 4.39 Å². The largest absolute Gasteiger partial charge is 0.308 e. The van der Waals surface area contributed by atoms with E-state index in [2.05, 4.69) is 31.1 Å². The van der Waals surface area contributed by atoms with E-state index in [4.69, 9.17) is 11.6 Å². The first-order valence-electron chi connectivity index (χ1n) is 6.67. The van der Waals surface area contributed by atoms with Gasteiger partial charge in [-0.3, -0.25) is 0 Å². The summed E-state index contributed by atoms with van der Waals surface area (Å²) in [5.74, 6) is -0.203. The summed E-state index contributed by atoms with van der Waals surface area (Å²) in [5.41, 5.74) is 0.595. The summed E-state index contributed by atoms with van der Waals surface area (Å²) in [7, 11) is 0. The molecular weight excluding hydrogens is 307 g/mol. The van der Waals surface area contributed by atoms with Crippen LogP contribution in [-0.2, 0) is 6.54 Å². The second-order valence-electron chi connectivity index (χ2n) is 5.74. The molecular formula is C16H18ClFN2S. The number of halogens is 2. The van der Waals surface area contributed by atoms with Crippen molar-refractivity contribution in [3.05, 3.63) is 52.9 Å². The molecule has 2 rings (SSSR count). The van der Waals surface area contributed by atoms with Crippen molar-refractivity contribution in [2.45, 2.75) is 42.8 Å². The van der Waals surface area contributed by atoms with Crippen LogP contribution < -0.4 is 5.32 Å². The Morgan fingerprint density at radius 2 is 2.00 bits per heavy atom. The van der Waals surface area contributed by atoms with Gasteiger partial charge in [0, 0.05) is 28.7 Å². The van der Waals surface area contributed by atoms with E-state index in [1.807, 2.05) is 12.1 Å². The fraction of sp³-hybridized carbons (Fsp3) is 0.312. The van der Waals surface area contributed by atoms with Crippen molar-refractivity contribution in [2.75, 3.05) is 0 Å². The number of nitrogens with zero attached hydrogens (tertiary/aromatic N) is 1. The third kappa shape index (κ3) is 4.99. The van der Waals surface area contributed by atoms with Gasteiger partial charge in [-0.2, -0.15) is 0 Å². The molecule has 1 heterocycles. The van der Waals surface area contributed by atoms with E-state index < -0.39 is 0 Å². The standard InChI is InChI=1S/C16H18ClFN2S/c1-16(2,3)20-10-12-13(18)5-4-6-14(12)21-15-8-7-11(17)9-19-15/h4-9,20H,10H2,1-3H3. The molecule has 1 aromatic carbocycles. The van der Waals surface area contributed by atoms with Crippen LogP contribution in [0.25, 0.3) is 0 Å². The number of hydrogen-bond donors (Lipinski definition) is 1. The molecule has 1 N–H and O–H groups in total. The van der Waals surface area contributed by atoms with Gasteiger partial charge in [0.25, 0.3) is 0 Å². The fourth-order valence-corrected chi connectivity index (χ4v) is 2.71. The van der Waals surface area contributed by atoms with Gasteiger partial charge in [-0.1, -0.05) is 29.4 Å².